The minimum atomic E-state index is -5.08. The van der Waals surface area contributed by atoms with E-state index in [2.05, 4.69) is 4.72 Å². The third-order valence-electron chi connectivity index (χ3n) is 4.29. The maximum atomic E-state index is 12.5. The molecule has 1 aromatic carbocycles. The van der Waals surface area contributed by atoms with Crippen LogP contribution in [0.5, 0.6) is 11.5 Å². The molecule has 240 valence electrons. The quantitative estimate of drug-likeness (QED) is 0.108. The normalized spacial score (nSPS) is 12.0. The Morgan fingerprint density at radius 1 is 0.952 bits per heavy atom. The fourth-order valence-electron chi connectivity index (χ4n) is 2.42. The molecule has 1 unspecified atom stereocenters. The molecule has 1 heterocycles. The second-order valence-corrected chi connectivity index (χ2v) is 11.6. The van der Waals surface area contributed by atoms with E-state index in [-0.39, 0.29) is 4.21 Å². The van der Waals surface area contributed by atoms with Crippen molar-refractivity contribution in [3.8, 4) is 11.5 Å². The fourth-order valence-corrected chi connectivity index (χ4v) is 6.03. The molecular formula is C20H27F6N3O10PS2+. The zero-order chi connectivity index (χ0) is 32.9. The van der Waals surface area contributed by atoms with Gasteiger partial charge in [0.1, 0.15) is 4.21 Å². The summed E-state index contributed by atoms with van der Waals surface area (Å²) in [7, 11) is -6.52. The number of rotatable bonds is 12. The van der Waals surface area contributed by atoms with Crippen molar-refractivity contribution in [2.75, 3.05) is 32.6 Å². The highest BCUT2D eigenvalue weighted by molar-refractivity contribution is 7.92. The monoisotopic (exact) mass is 678 g/mol. The maximum absolute atomic E-state index is 12.5. The lowest BCUT2D eigenvalue weighted by molar-refractivity contribution is -0.193. The lowest BCUT2D eigenvalue weighted by Gasteiger charge is -2.13. The third-order valence-corrected chi connectivity index (χ3v) is 8.21. The molecule has 0 fully saturated rings. The Bertz CT molecular complexity index is 1300. The van der Waals surface area contributed by atoms with Gasteiger partial charge in [0.15, 0.2) is 11.5 Å². The van der Waals surface area contributed by atoms with Crippen LogP contribution < -0.4 is 25.7 Å². The largest absolute Gasteiger partial charge is 0.522 e. The van der Waals surface area contributed by atoms with Gasteiger partial charge in [-0.3, -0.25) is 0 Å². The number of carboxylic acid groups (broad SMARTS) is 2. The summed E-state index contributed by atoms with van der Waals surface area (Å²) in [5.74, 6) is -4.50. The average Bonchev–Trinajstić information content (AvgIpc) is 3.19. The van der Waals surface area contributed by atoms with Gasteiger partial charge in [-0.25, -0.2) is 18.0 Å². The molecular weight excluding hydrogens is 651 g/mol. The van der Waals surface area contributed by atoms with Crippen molar-refractivity contribution >= 4 is 51.4 Å². The first-order valence-electron chi connectivity index (χ1n) is 11.1. The van der Waals surface area contributed by atoms with Crippen LogP contribution in [0.1, 0.15) is 18.4 Å². The molecule has 0 amide bonds. The molecule has 8 N–H and O–H groups in total. The van der Waals surface area contributed by atoms with Crippen molar-refractivity contribution in [1.29, 1.82) is 0 Å². The number of nitrogens with one attached hydrogen (secondary N) is 1. The summed E-state index contributed by atoms with van der Waals surface area (Å²) >= 11 is 1.07. The first-order valence-corrected chi connectivity index (χ1v) is 14.8. The predicted molar refractivity (Wildman–Crippen MR) is 137 cm³/mol. The molecule has 2 rings (SSSR count). The number of fused-ring (bicyclic) bond motifs is 1. The van der Waals surface area contributed by atoms with E-state index in [4.69, 9.17) is 45.6 Å². The summed E-state index contributed by atoms with van der Waals surface area (Å²) in [6.07, 6.45) is -9.36. The summed E-state index contributed by atoms with van der Waals surface area (Å²) in [6.45, 7) is 3.49. The molecule has 1 atom stereocenters. The molecule has 22 heteroatoms. The molecule has 0 saturated carbocycles. The highest BCUT2D eigenvalue weighted by Crippen LogP contribution is 2.41. The van der Waals surface area contributed by atoms with Gasteiger partial charge < -0.3 is 31.2 Å². The van der Waals surface area contributed by atoms with Gasteiger partial charge in [-0.2, -0.15) is 36.0 Å². The highest BCUT2D eigenvalue weighted by atomic mass is 32.2. The Labute approximate surface area is 239 Å². The first kappa shape index (κ1) is 39.2. The number of hydrogen-bond acceptors (Lipinski definition) is 10. The van der Waals surface area contributed by atoms with Gasteiger partial charge in [0.05, 0.1) is 13.2 Å². The van der Waals surface area contributed by atoms with Gasteiger partial charge in [0, 0.05) is 16.2 Å². The van der Waals surface area contributed by atoms with Gasteiger partial charge in [-0.05, 0) is 49.0 Å². The number of nitrogens with two attached hydrogens (primary N) is 2. The number of halogens is 6. The van der Waals surface area contributed by atoms with E-state index >= 15 is 0 Å². The number of aliphatic carboxylic acids is 2. The third kappa shape index (κ3) is 13.9. The Kier molecular flexibility index (Phi) is 16.2. The van der Waals surface area contributed by atoms with Crippen molar-refractivity contribution in [2.45, 2.75) is 36.3 Å². The van der Waals surface area contributed by atoms with Crippen LogP contribution in [0.3, 0.4) is 0 Å². The van der Waals surface area contributed by atoms with Crippen LogP contribution in [-0.2, 0) is 24.2 Å². The molecule has 0 radical (unpaired) electrons. The number of hydrogen-bond donors (Lipinski definition) is 6. The van der Waals surface area contributed by atoms with Crippen LogP contribution in [0.4, 0.5) is 26.3 Å². The van der Waals surface area contributed by atoms with Crippen molar-refractivity contribution in [1.82, 2.24) is 4.72 Å². The van der Waals surface area contributed by atoms with Crippen molar-refractivity contribution < 1.29 is 73.5 Å². The highest BCUT2D eigenvalue weighted by Gasteiger charge is 2.38. The van der Waals surface area contributed by atoms with E-state index in [1.807, 2.05) is 0 Å². The van der Waals surface area contributed by atoms with Crippen molar-refractivity contribution in [2.24, 2.45) is 11.5 Å². The van der Waals surface area contributed by atoms with Crippen molar-refractivity contribution in [3.05, 3.63) is 17.7 Å². The van der Waals surface area contributed by atoms with E-state index in [1.165, 1.54) is 0 Å². The zero-order valence-electron chi connectivity index (χ0n) is 21.5. The van der Waals surface area contributed by atoms with E-state index in [0.717, 1.165) is 11.3 Å². The molecule has 0 bridgehead atoms. The van der Waals surface area contributed by atoms with Gasteiger partial charge >= 0.3 is 32.3 Å². The first-order chi connectivity index (χ1) is 19.2. The van der Waals surface area contributed by atoms with Crippen LogP contribution in [0.25, 0.3) is 10.1 Å². The van der Waals surface area contributed by atoms with Crippen LogP contribution in [-0.4, -0.2) is 80.4 Å². The van der Waals surface area contributed by atoms with Gasteiger partial charge in [-0.1, -0.05) is 0 Å². The molecule has 13 nitrogen and oxygen atoms in total. The molecule has 0 aliphatic rings. The fraction of sp³-hybridized carbons (Fsp3) is 0.500. The number of carboxylic acids is 2. The predicted octanol–water partition coefficient (Wildman–Crippen LogP) is 2.90. The summed E-state index contributed by atoms with van der Waals surface area (Å²) in [4.78, 5) is 26.7. The van der Waals surface area contributed by atoms with Crippen molar-refractivity contribution in [3.63, 3.8) is 0 Å². The Morgan fingerprint density at radius 3 is 1.71 bits per heavy atom. The Balaban J connectivity index is 0.000000990. The van der Waals surface area contributed by atoms with Gasteiger partial charge in [0.2, 0.25) is 6.29 Å². The number of benzene rings is 1. The number of thiophene rings is 1. The minimum absolute atomic E-state index is 0.0892. The SMILES string of the molecule is Cc1c(S(=O)(=O)NC[P+](=O)O)sc2cc(OCCCN)c(OCCCN)cc12.O=C(O)C(F)(F)F.O=C(O)C(F)(F)F. The van der Waals surface area contributed by atoms with Crippen LogP contribution in [0, 0.1) is 6.92 Å². The standard InChI is InChI=1S/C16H24N3O6PS2.2C2HF3O2/c1-11-12-8-13(24-6-2-4-17)14(25-7-3-5-18)9-15(12)27-16(11)28(22,23)19-10-26(20)21;2*3-2(4,5)1(6)7/h8-9,19H,2-7,10,17-18H2,1H3;2*(H,6,7)/p+1. The van der Waals surface area contributed by atoms with Crippen LogP contribution >= 0.6 is 19.4 Å². The second-order valence-electron chi connectivity index (χ2n) is 7.55. The minimum Gasteiger partial charge on any atom is -0.490 e. The molecule has 2 aromatic rings. The lowest BCUT2D eigenvalue weighted by Crippen LogP contribution is -2.22. The second kappa shape index (κ2) is 17.3. The lowest BCUT2D eigenvalue weighted by atomic mass is 10.2. The maximum Gasteiger partial charge on any atom is 0.522 e. The summed E-state index contributed by atoms with van der Waals surface area (Å²) < 4.78 is 114. The number of aryl methyl sites for hydroxylation is 1. The Hall–Kier alpha value is -2.81. The van der Waals surface area contributed by atoms with E-state index in [9.17, 15) is 39.3 Å². The Morgan fingerprint density at radius 2 is 1.36 bits per heavy atom. The summed E-state index contributed by atoms with van der Waals surface area (Å²) in [5.41, 5.74) is 11.6. The van der Waals surface area contributed by atoms with Crippen LogP contribution in [0.2, 0.25) is 0 Å². The molecule has 0 aliphatic carbocycles. The van der Waals surface area contributed by atoms with Crippen LogP contribution in [0.15, 0.2) is 16.3 Å². The van der Waals surface area contributed by atoms with Gasteiger partial charge in [0.25, 0.3) is 10.0 Å². The summed E-state index contributed by atoms with van der Waals surface area (Å²) in [5, 5.41) is 15.0. The van der Waals surface area contributed by atoms with E-state index in [1.54, 1.807) is 19.1 Å². The molecule has 1 aromatic heterocycles. The van der Waals surface area contributed by atoms with E-state index < -0.39 is 48.6 Å². The summed E-state index contributed by atoms with van der Waals surface area (Å²) in [6, 6.07) is 3.49. The zero-order valence-corrected chi connectivity index (χ0v) is 24.0. The molecule has 0 saturated heterocycles. The number of carbonyl (C=O) groups is 2. The van der Waals surface area contributed by atoms with E-state index in [0.29, 0.717) is 66.3 Å². The molecule has 0 spiro atoms. The number of ether oxygens (including phenoxy) is 2. The smallest absolute Gasteiger partial charge is 0.490 e. The number of sulfonamides is 1. The number of alkyl halides is 6. The van der Waals surface area contributed by atoms with Gasteiger partial charge in [-0.15, -0.1) is 11.3 Å². The average molecular weight is 679 g/mol. The topological polar surface area (TPSA) is 229 Å². The molecule has 42 heavy (non-hydrogen) atoms. The molecule has 0 aliphatic heterocycles.